The number of benzene rings is 1. The van der Waals surface area contributed by atoms with E-state index in [0.717, 1.165) is 11.4 Å². The Hall–Kier alpha value is -2.81. The third-order valence-electron chi connectivity index (χ3n) is 2.99. The Morgan fingerprint density at radius 3 is 2.87 bits per heavy atom. The first-order chi connectivity index (χ1) is 11.2. The number of tetrazole rings is 1. The number of nitrogens with zero attached hydrogens (tertiary/aromatic N) is 6. The predicted octanol–water partition coefficient (Wildman–Crippen LogP) is 1.73. The van der Waals surface area contributed by atoms with Gasteiger partial charge in [-0.2, -0.15) is 4.68 Å². The number of hydrogen-bond acceptors (Lipinski definition) is 7. The van der Waals surface area contributed by atoms with Crippen molar-refractivity contribution in [2.24, 2.45) is 0 Å². The van der Waals surface area contributed by atoms with E-state index in [-0.39, 0.29) is 11.6 Å². The maximum atomic E-state index is 12.2. The van der Waals surface area contributed by atoms with Crippen molar-refractivity contribution < 1.29 is 4.79 Å². The lowest BCUT2D eigenvalue weighted by atomic mass is 10.2. The van der Waals surface area contributed by atoms with E-state index in [0.29, 0.717) is 10.8 Å². The van der Waals surface area contributed by atoms with E-state index in [9.17, 15) is 4.79 Å². The molecule has 0 bridgehead atoms. The summed E-state index contributed by atoms with van der Waals surface area (Å²) in [6, 6.07) is 7.25. The van der Waals surface area contributed by atoms with E-state index in [1.165, 1.54) is 18.0 Å². The molecule has 2 aromatic heterocycles. The van der Waals surface area contributed by atoms with Gasteiger partial charge in [0.25, 0.3) is 5.91 Å². The second kappa shape index (κ2) is 6.53. The molecule has 1 N–H and O–H groups in total. The summed E-state index contributed by atoms with van der Waals surface area (Å²) in [5, 5.41) is 15.0. The molecular weight excluding hydrogens is 314 g/mol. The highest BCUT2D eigenvalue weighted by molar-refractivity contribution is 7.98. The number of rotatable bonds is 4. The lowest BCUT2D eigenvalue weighted by molar-refractivity contribution is 0.102. The highest BCUT2D eigenvalue weighted by atomic mass is 32.2. The second-order valence-electron chi connectivity index (χ2n) is 4.62. The summed E-state index contributed by atoms with van der Waals surface area (Å²) in [7, 11) is 0. The van der Waals surface area contributed by atoms with Crippen molar-refractivity contribution in [1.82, 2.24) is 30.2 Å². The van der Waals surface area contributed by atoms with Gasteiger partial charge in [0.15, 0.2) is 0 Å². The molecule has 2 heterocycles. The monoisotopic (exact) mass is 327 g/mol. The summed E-state index contributed by atoms with van der Waals surface area (Å²) in [6.45, 7) is 1.81. The van der Waals surface area contributed by atoms with Gasteiger partial charge in [-0.1, -0.05) is 17.8 Å². The van der Waals surface area contributed by atoms with Gasteiger partial charge in [-0.05, 0) is 41.8 Å². The molecule has 0 aliphatic heterocycles. The van der Waals surface area contributed by atoms with Crippen LogP contribution in [-0.4, -0.2) is 42.3 Å². The number of hydrogen-bond donors (Lipinski definition) is 1. The van der Waals surface area contributed by atoms with Crippen LogP contribution in [-0.2, 0) is 0 Å². The number of anilines is 1. The topological polar surface area (TPSA) is 98.5 Å². The highest BCUT2D eigenvalue weighted by Crippen LogP contribution is 2.19. The number of amides is 1. The molecule has 0 radical (unpaired) electrons. The first kappa shape index (κ1) is 15.1. The molecular formula is C14H13N7OS. The van der Waals surface area contributed by atoms with E-state index in [2.05, 4.69) is 30.8 Å². The average molecular weight is 327 g/mol. The summed E-state index contributed by atoms with van der Waals surface area (Å²) >= 11 is 1.44. The largest absolute Gasteiger partial charge is 0.321 e. The quantitative estimate of drug-likeness (QED) is 0.729. The zero-order chi connectivity index (χ0) is 16.2. The van der Waals surface area contributed by atoms with Crippen molar-refractivity contribution >= 4 is 23.4 Å². The molecule has 3 aromatic rings. The first-order valence-electron chi connectivity index (χ1n) is 6.70. The molecule has 0 atom stereocenters. The summed E-state index contributed by atoms with van der Waals surface area (Å²) in [5.41, 5.74) is 2.39. The third-order valence-corrected chi connectivity index (χ3v) is 3.61. The average Bonchev–Trinajstić information content (AvgIpc) is 3.04. The summed E-state index contributed by atoms with van der Waals surface area (Å²) in [5.74, 6) is -0.323. The molecule has 8 nitrogen and oxygen atoms in total. The van der Waals surface area contributed by atoms with Gasteiger partial charge in [-0.15, -0.1) is 5.10 Å². The van der Waals surface area contributed by atoms with Gasteiger partial charge in [-0.25, -0.2) is 4.98 Å². The number of thioether (sulfide) groups is 1. The number of carbonyl (C=O) groups is 1. The summed E-state index contributed by atoms with van der Waals surface area (Å²) in [6.07, 6.45) is 4.89. The van der Waals surface area contributed by atoms with E-state index >= 15 is 0 Å². The minimum atomic E-state index is -0.323. The Balaban J connectivity index is 1.83. The van der Waals surface area contributed by atoms with Crippen LogP contribution in [0, 0.1) is 6.92 Å². The molecule has 1 aromatic carbocycles. The minimum absolute atomic E-state index is 0.258. The van der Waals surface area contributed by atoms with E-state index in [1.807, 2.05) is 25.3 Å². The molecule has 23 heavy (non-hydrogen) atoms. The van der Waals surface area contributed by atoms with E-state index < -0.39 is 0 Å². The van der Waals surface area contributed by atoms with E-state index in [1.54, 1.807) is 23.0 Å². The summed E-state index contributed by atoms with van der Waals surface area (Å²) < 4.78 is 1.60. The Morgan fingerprint density at radius 1 is 1.26 bits per heavy atom. The SMILES string of the molecule is CSc1nnnn1-c1cccc(NC(=O)c2cnc(C)cn2)c1. The number of aryl methyl sites for hydroxylation is 1. The molecule has 0 fully saturated rings. The van der Waals surface area contributed by atoms with Gasteiger partial charge in [0, 0.05) is 11.9 Å². The van der Waals surface area contributed by atoms with Crippen LogP contribution in [0.5, 0.6) is 0 Å². The number of aromatic nitrogens is 6. The lowest BCUT2D eigenvalue weighted by Crippen LogP contribution is -2.14. The summed E-state index contributed by atoms with van der Waals surface area (Å²) in [4.78, 5) is 20.3. The fraction of sp³-hybridized carbons (Fsp3) is 0.143. The minimum Gasteiger partial charge on any atom is -0.321 e. The molecule has 0 unspecified atom stereocenters. The molecule has 116 valence electrons. The molecule has 3 rings (SSSR count). The van der Waals surface area contributed by atoms with Crippen LogP contribution in [0.4, 0.5) is 5.69 Å². The van der Waals surface area contributed by atoms with Crippen LogP contribution >= 0.6 is 11.8 Å². The van der Waals surface area contributed by atoms with E-state index in [4.69, 9.17) is 0 Å². The normalized spacial score (nSPS) is 10.5. The van der Waals surface area contributed by atoms with Crippen LogP contribution in [0.2, 0.25) is 0 Å². The van der Waals surface area contributed by atoms with Gasteiger partial charge >= 0.3 is 0 Å². The Kier molecular flexibility index (Phi) is 4.29. The Bertz CT molecular complexity index is 831. The van der Waals surface area contributed by atoms with Crippen LogP contribution in [0.1, 0.15) is 16.2 Å². The maximum absolute atomic E-state index is 12.2. The van der Waals surface area contributed by atoms with Crippen molar-refractivity contribution in [2.75, 3.05) is 11.6 Å². The Morgan fingerprint density at radius 2 is 2.13 bits per heavy atom. The fourth-order valence-corrected chi connectivity index (χ4v) is 2.32. The predicted molar refractivity (Wildman–Crippen MR) is 85.7 cm³/mol. The molecule has 0 saturated carbocycles. The standard InChI is InChI=1S/C14H13N7OS/c1-9-7-16-12(8-15-9)13(22)17-10-4-3-5-11(6-10)21-14(23-2)18-19-20-21/h3-8H,1-2H3,(H,17,22). The molecule has 0 saturated heterocycles. The third kappa shape index (κ3) is 3.34. The molecule has 1 amide bonds. The van der Waals surface area contributed by atoms with Crippen LogP contribution in [0.15, 0.2) is 41.8 Å². The van der Waals surface area contributed by atoms with Crippen molar-refractivity contribution in [1.29, 1.82) is 0 Å². The van der Waals surface area contributed by atoms with Crippen molar-refractivity contribution in [3.8, 4) is 5.69 Å². The van der Waals surface area contributed by atoms with Crippen LogP contribution in [0.3, 0.4) is 0 Å². The maximum Gasteiger partial charge on any atom is 0.275 e. The number of carbonyl (C=O) groups excluding carboxylic acids is 1. The van der Waals surface area contributed by atoms with Crippen LogP contribution in [0.25, 0.3) is 5.69 Å². The smallest absolute Gasteiger partial charge is 0.275 e. The van der Waals surface area contributed by atoms with Gasteiger partial charge in [0.2, 0.25) is 5.16 Å². The van der Waals surface area contributed by atoms with Gasteiger partial charge in [0.05, 0.1) is 17.6 Å². The van der Waals surface area contributed by atoms with Gasteiger partial charge in [-0.3, -0.25) is 9.78 Å². The lowest BCUT2D eigenvalue weighted by Gasteiger charge is -2.07. The molecule has 9 heteroatoms. The molecule has 0 spiro atoms. The van der Waals surface area contributed by atoms with Crippen molar-refractivity contribution in [2.45, 2.75) is 12.1 Å². The van der Waals surface area contributed by atoms with Crippen molar-refractivity contribution in [3.05, 3.63) is 48.0 Å². The number of nitrogens with one attached hydrogen (secondary N) is 1. The molecule has 0 aliphatic rings. The zero-order valence-corrected chi connectivity index (χ0v) is 13.3. The first-order valence-corrected chi connectivity index (χ1v) is 7.92. The van der Waals surface area contributed by atoms with Crippen LogP contribution < -0.4 is 5.32 Å². The van der Waals surface area contributed by atoms with Crippen molar-refractivity contribution in [3.63, 3.8) is 0 Å². The Labute approximate surface area is 136 Å². The molecule has 0 aliphatic carbocycles. The second-order valence-corrected chi connectivity index (χ2v) is 5.40. The van der Waals surface area contributed by atoms with Gasteiger partial charge in [0.1, 0.15) is 5.69 Å². The fourth-order valence-electron chi connectivity index (χ4n) is 1.89. The van der Waals surface area contributed by atoms with Gasteiger partial charge < -0.3 is 5.32 Å². The zero-order valence-electron chi connectivity index (χ0n) is 12.5. The highest BCUT2D eigenvalue weighted by Gasteiger charge is 2.10.